The zero-order valence-electron chi connectivity index (χ0n) is 10.9. The Labute approximate surface area is 115 Å². The highest BCUT2D eigenvalue weighted by Gasteiger charge is 2.13. The van der Waals surface area contributed by atoms with Gasteiger partial charge in [0.05, 0.1) is 18.7 Å². The second kappa shape index (κ2) is 4.59. The van der Waals surface area contributed by atoms with E-state index in [1.165, 1.54) is 0 Å². The summed E-state index contributed by atoms with van der Waals surface area (Å²) in [7, 11) is 1.60. The first-order valence-corrected chi connectivity index (χ1v) is 6.05. The maximum atomic E-state index is 8.83. The number of fused-ring (bicyclic) bond motifs is 1. The molecule has 0 spiro atoms. The summed E-state index contributed by atoms with van der Waals surface area (Å²) in [6, 6.07) is 12.9. The van der Waals surface area contributed by atoms with Gasteiger partial charge in [-0.3, -0.25) is 4.40 Å². The molecule has 2 heterocycles. The summed E-state index contributed by atoms with van der Waals surface area (Å²) in [5.74, 6) is 1.21. The number of aromatic nitrogens is 2. The Kier molecular flexibility index (Phi) is 2.77. The molecule has 0 fully saturated rings. The lowest BCUT2D eigenvalue weighted by molar-refractivity contribution is 0.417. The number of anilines is 1. The summed E-state index contributed by atoms with van der Waals surface area (Å²) in [5.41, 5.74) is 8.97. The third kappa shape index (κ3) is 1.75. The maximum Gasteiger partial charge on any atom is 0.181 e. The Balaban J connectivity index is 2.21. The summed E-state index contributed by atoms with van der Waals surface area (Å²) in [5, 5.41) is 8.83. The Hall–Kier alpha value is -3.00. The summed E-state index contributed by atoms with van der Waals surface area (Å²) in [6.07, 6.45) is 1.84. The molecule has 0 bridgehead atoms. The lowest BCUT2D eigenvalue weighted by atomic mass is 10.1. The number of benzene rings is 1. The number of hydrogen-bond donors (Lipinski definition) is 1. The van der Waals surface area contributed by atoms with Gasteiger partial charge in [0.1, 0.15) is 11.5 Å². The molecule has 1 aromatic carbocycles. The Morgan fingerprint density at radius 1 is 1.25 bits per heavy atom. The van der Waals surface area contributed by atoms with Gasteiger partial charge >= 0.3 is 0 Å². The number of ether oxygens (including phenoxy) is 1. The fourth-order valence-corrected chi connectivity index (χ4v) is 2.14. The Morgan fingerprint density at radius 3 is 2.65 bits per heavy atom. The lowest BCUT2D eigenvalue weighted by Crippen LogP contribution is -1.95. The monoisotopic (exact) mass is 264 g/mol. The third-order valence-electron chi connectivity index (χ3n) is 3.16. The first kappa shape index (κ1) is 12.1. The van der Waals surface area contributed by atoms with E-state index in [0.29, 0.717) is 28.5 Å². The molecule has 0 saturated carbocycles. The van der Waals surface area contributed by atoms with Gasteiger partial charge < -0.3 is 10.5 Å². The first-order chi connectivity index (χ1) is 9.74. The minimum absolute atomic E-state index is 0.545. The zero-order valence-corrected chi connectivity index (χ0v) is 10.9. The molecule has 20 heavy (non-hydrogen) atoms. The minimum atomic E-state index is 0.545. The second-order valence-corrected chi connectivity index (χ2v) is 4.30. The molecule has 2 N–H and O–H groups in total. The number of pyridine rings is 1. The highest BCUT2D eigenvalue weighted by atomic mass is 16.5. The number of imidazole rings is 1. The molecule has 0 aliphatic heterocycles. The molecular formula is C15H12N4O. The van der Waals surface area contributed by atoms with Crippen molar-refractivity contribution in [2.24, 2.45) is 0 Å². The van der Waals surface area contributed by atoms with Crippen molar-refractivity contribution >= 4 is 11.5 Å². The van der Waals surface area contributed by atoms with Crippen LogP contribution < -0.4 is 10.5 Å². The predicted octanol–water partition coefficient (Wildman–Crippen LogP) is 2.46. The molecule has 2 aromatic heterocycles. The van der Waals surface area contributed by atoms with Gasteiger partial charge in [0.25, 0.3) is 0 Å². The van der Waals surface area contributed by atoms with Gasteiger partial charge in [-0.15, -0.1) is 0 Å². The van der Waals surface area contributed by atoms with Crippen LogP contribution in [0.15, 0.2) is 42.6 Å². The smallest absolute Gasteiger partial charge is 0.181 e. The van der Waals surface area contributed by atoms with Crippen molar-refractivity contribution in [3.63, 3.8) is 0 Å². The van der Waals surface area contributed by atoms with Crippen LogP contribution in [0.1, 0.15) is 5.56 Å². The van der Waals surface area contributed by atoms with Gasteiger partial charge in [-0.2, -0.15) is 5.26 Å². The van der Waals surface area contributed by atoms with E-state index in [0.717, 1.165) is 5.56 Å². The molecule has 0 radical (unpaired) electrons. The molecule has 0 aliphatic rings. The van der Waals surface area contributed by atoms with Crippen LogP contribution in [0.25, 0.3) is 16.9 Å². The van der Waals surface area contributed by atoms with Crippen LogP contribution in [-0.2, 0) is 0 Å². The van der Waals surface area contributed by atoms with Crippen LogP contribution in [0.3, 0.4) is 0 Å². The molecule has 5 heteroatoms. The molecular weight excluding hydrogens is 252 g/mol. The van der Waals surface area contributed by atoms with Crippen molar-refractivity contribution < 1.29 is 4.74 Å². The fourth-order valence-electron chi connectivity index (χ4n) is 2.14. The Morgan fingerprint density at radius 2 is 2.00 bits per heavy atom. The van der Waals surface area contributed by atoms with E-state index in [1.807, 2.05) is 30.5 Å². The van der Waals surface area contributed by atoms with Crippen molar-refractivity contribution in [1.82, 2.24) is 9.38 Å². The summed E-state index contributed by atoms with van der Waals surface area (Å²) in [4.78, 5) is 4.54. The molecule has 0 saturated heterocycles. The topological polar surface area (TPSA) is 76.3 Å². The van der Waals surface area contributed by atoms with Gasteiger partial charge in [0, 0.05) is 11.8 Å². The average Bonchev–Trinajstić information content (AvgIpc) is 2.85. The van der Waals surface area contributed by atoms with Crippen molar-refractivity contribution in [3.8, 4) is 23.1 Å². The molecule has 98 valence electrons. The van der Waals surface area contributed by atoms with Crippen molar-refractivity contribution in [1.29, 1.82) is 5.26 Å². The van der Waals surface area contributed by atoms with Crippen LogP contribution in [0.4, 0.5) is 5.82 Å². The van der Waals surface area contributed by atoms with Gasteiger partial charge in [-0.25, -0.2) is 4.98 Å². The summed E-state index contributed by atoms with van der Waals surface area (Å²) in [6.45, 7) is 0. The van der Waals surface area contributed by atoms with E-state index >= 15 is 0 Å². The summed E-state index contributed by atoms with van der Waals surface area (Å²) < 4.78 is 7.07. The normalized spacial score (nSPS) is 10.4. The van der Waals surface area contributed by atoms with Crippen LogP contribution >= 0.6 is 0 Å². The largest absolute Gasteiger partial charge is 0.493 e. The number of rotatable bonds is 2. The van der Waals surface area contributed by atoms with E-state index < -0.39 is 0 Å². The van der Waals surface area contributed by atoms with Crippen molar-refractivity contribution in [2.75, 3.05) is 12.8 Å². The molecule has 3 rings (SSSR count). The van der Waals surface area contributed by atoms with Crippen molar-refractivity contribution in [3.05, 3.63) is 48.2 Å². The number of methoxy groups -OCH3 is 1. The van der Waals surface area contributed by atoms with Crippen LogP contribution in [0.5, 0.6) is 5.75 Å². The number of nitrogens with two attached hydrogens (primary N) is 1. The zero-order chi connectivity index (χ0) is 14.1. The van der Waals surface area contributed by atoms with Crippen LogP contribution in [0, 0.1) is 11.3 Å². The third-order valence-corrected chi connectivity index (χ3v) is 3.16. The fraction of sp³-hybridized carbons (Fsp3) is 0.0667. The molecule has 0 unspecified atom stereocenters. The molecule has 0 aliphatic carbocycles. The minimum Gasteiger partial charge on any atom is -0.493 e. The molecule has 5 nitrogen and oxygen atoms in total. The van der Waals surface area contributed by atoms with Gasteiger partial charge in [0.2, 0.25) is 0 Å². The highest BCUT2D eigenvalue weighted by Crippen LogP contribution is 2.30. The predicted molar refractivity (Wildman–Crippen MR) is 76.3 cm³/mol. The lowest BCUT2D eigenvalue weighted by Gasteiger charge is -2.01. The van der Waals surface area contributed by atoms with Gasteiger partial charge in [-0.1, -0.05) is 12.1 Å². The first-order valence-electron chi connectivity index (χ1n) is 6.05. The number of nitrogens with zero attached hydrogens (tertiary/aromatic N) is 3. The van der Waals surface area contributed by atoms with E-state index in [2.05, 4.69) is 11.1 Å². The van der Waals surface area contributed by atoms with Crippen LogP contribution in [-0.4, -0.2) is 16.5 Å². The standard InChI is InChI=1S/C15H12N4O/c1-20-12-3-2-8-19-14(17)13(18-15(12)19)11-6-4-10(9-16)5-7-11/h2-8H,17H2,1H3. The Bertz CT molecular complexity index is 812. The van der Waals surface area contributed by atoms with Crippen LogP contribution in [0.2, 0.25) is 0 Å². The summed E-state index contributed by atoms with van der Waals surface area (Å²) >= 11 is 0. The number of hydrogen-bond acceptors (Lipinski definition) is 4. The second-order valence-electron chi connectivity index (χ2n) is 4.30. The van der Waals surface area contributed by atoms with E-state index in [-0.39, 0.29) is 0 Å². The molecule has 3 aromatic rings. The number of nitriles is 1. The van der Waals surface area contributed by atoms with E-state index in [1.54, 1.807) is 23.6 Å². The average molecular weight is 264 g/mol. The highest BCUT2D eigenvalue weighted by molar-refractivity contribution is 5.77. The van der Waals surface area contributed by atoms with Crippen molar-refractivity contribution in [2.45, 2.75) is 0 Å². The van der Waals surface area contributed by atoms with E-state index in [4.69, 9.17) is 15.7 Å². The van der Waals surface area contributed by atoms with E-state index in [9.17, 15) is 0 Å². The van der Waals surface area contributed by atoms with Gasteiger partial charge in [0.15, 0.2) is 11.4 Å². The quantitative estimate of drug-likeness (QED) is 0.771. The SMILES string of the molecule is COc1cccn2c(N)c(-c3ccc(C#N)cc3)nc12. The maximum absolute atomic E-state index is 8.83. The van der Waals surface area contributed by atoms with Gasteiger partial charge in [-0.05, 0) is 24.3 Å². The molecule has 0 amide bonds. The number of nitrogen functional groups attached to an aromatic ring is 1. The molecule has 0 atom stereocenters.